The molecule has 0 spiro atoms. The van der Waals surface area contributed by atoms with Crippen molar-refractivity contribution in [3.05, 3.63) is 66.2 Å². The Morgan fingerprint density at radius 3 is 1.46 bits per heavy atom. The van der Waals surface area contributed by atoms with Crippen LogP contribution in [0.3, 0.4) is 0 Å². The van der Waals surface area contributed by atoms with E-state index in [1.807, 2.05) is 0 Å². The average Bonchev–Trinajstić information content (AvgIpc) is 2.63. The number of aromatic carboxylic acids is 1. The highest BCUT2D eigenvalue weighted by Gasteiger charge is 2.13. The first-order chi connectivity index (χ1) is 12.0. The van der Waals surface area contributed by atoms with E-state index in [1.165, 1.54) is 12.1 Å². The van der Waals surface area contributed by atoms with E-state index in [-0.39, 0.29) is 23.5 Å². The van der Waals surface area contributed by atoms with Gasteiger partial charge in [0.2, 0.25) is 0 Å². The van der Waals surface area contributed by atoms with Crippen LogP contribution in [-0.4, -0.2) is 47.5 Å². The predicted octanol–water partition coefficient (Wildman–Crippen LogP) is 2.32. The van der Waals surface area contributed by atoms with Crippen molar-refractivity contribution in [3.63, 3.8) is 0 Å². The molecule has 2 aromatic carbocycles. The summed E-state index contributed by atoms with van der Waals surface area (Å²) >= 11 is 0. The summed E-state index contributed by atoms with van der Waals surface area (Å²) < 4.78 is 29.2. The van der Waals surface area contributed by atoms with Gasteiger partial charge in [0.1, 0.15) is 0 Å². The highest BCUT2D eigenvalue weighted by Crippen LogP contribution is 2.10. The lowest BCUT2D eigenvalue weighted by molar-refractivity contribution is 0.0696. The summed E-state index contributed by atoms with van der Waals surface area (Å²) in [6.07, 6.45) is 0. The van der Waals surface area contributed by atoms with Crippen LogP contribution < -0.4 is 0 Å². The first kappa shape index (κ1) is 23.7. The number of hydrogen-bond acceptors (Lipinski definition) is 5. The highest BCUT2D eigenvalue weighted by atomic mass is 32.2. The first-order valence-electron chi connectivity index (χ1n) is 7.56. The van der Waals surface area contributed by atoms with Gasteiger partial charge in [-0.15, -0.1) is 0 Å². The molecule has 144 valence electrons. The second-order valence-electron chi connectivity index (χ2n) is 5.94. The minimum Gasteiger partial charge on any atom is -0.478 e. The molecule has 2 aromatic rings. The minimum atomic E-state index is -4.00. The van der Waals surface area contributed by atoms with Gasteiger partial charge in [-0.05, 0) is 24.3 Å². The molecule has 0 fully saturated rings. The second kappa shape index (κ2) is 11.4. The van der Waals surface area contributed by atoms with Crippen LogP contribution in [0.4, 0.5) is 0 Å². The zero-order valence-corrected chi connectivity index (χ0v) is 15.4. The number of hydrogen-bond donors (Lipinski definition) is 4. The molecule has 0 atom stereocenters. The van der Waals surface area contributed by atoms with Crippen LogP contribution in [0.2, 0.25) is 0 Å². The van der Waals surface area contributed by atoms with Crippen molar-refractivity contribution in [1.29, 1.82) is 0 Å². The number of carboxylic acid groups (broad SMARTS) is 1. The molecular formula is C18H24O7S. The van der Waals surface area contributed by atoms with Gasteiger partial charge in [0.15, 0.2) is 0 Å². The van der Waals surface area contributed by atoms with Crippen molar-refractivity contribution in [2.45, 2.75) is 18.7 Å². The quantitative estimate of drug-likeness (QED) is 0.595. The molecule has 0 saturated carbocycles. The van der Waals surface area contributed by atoms with Crippen LogP contribution in [0.1, 0.15) is 24.2 Å². The molecule has 0 bridgehead atoms. The fraction of sp³-hybridized carbons (Fsp3) is 0.278. The maximum absolute atomic E-state index is 10.4. The normalized spacial score (nSPS) is 10.7. The van der Waals surface area contributed by atoms with E-state index in [0.29, 0.717) is 5.56 Å². The van der Waals surface area contributed by atoms with E-state index in [1.54, 1.807) is 62.4 Å². The Morgan fingerprint density at radius 1 is 0.885 bits per heavy atom. The number of aliphatic hydroxyl groups is 2. The summed E-state index contributed by atoms with van der Waals surface area (Å²) in [6, 6.07) is 15.7. The average molecular weight is 384 g/mol. The van der Waals surface area contributed by atoms with Crippen molar-refractivity contribution in [3.8, 4) is 0 Å². The summed E-state index contributed by atoms with van der Waals surface area (Å²) in [6.45, 7) is 3.69. The summed E-state index contributed by atoms with van der Waals surface area (Å²) in [5.41, 5.74) is 0.0255. The molecule has 0 heterocycles. The van der Waals surface area contributed by atoms with Gasteiger partial charge >= 0.3 is 5.97 Å². The Morgan fingerprint density at radius 2 is 1.27 bits per heavy atom. The lowest BCUT2D eigenvalue weighted by Gasteiger charge is -2.16. The van der Waals surface area contributed by atoms with Gasteiger partial charge in [0.25, 0.3) is 10.1 Å². The SMILES string of the molecule is CC(C)(CO)CO.O=C(O)c1ccccc1.O=S(=O)(O)c1ccccc1. The highest BCUT2D eigenvalue weighted by molar-refractivity contribution is 7.85. The molecular weight excluding hydrogens is 360 g/mol. The van der Waals surface area contributed by atoms with Crippen LogP contribution in [-0.2, 0) is 10.1 Å². The fourth-order valence-corrected chi connectivity index (χ4v) is 1.72. The third-order valence-corrected chi connectivity index (χ3v) is 3.79. The molecule has 0 unspecified atom stereocenters. The lowest BCUT2D eigenvalue weighted by atomic mass is 9.97. The van der Waals surface area contributed by atoms with E-state index >= 15 is 0 Å². The van der Waals surface area contributed by atoms with Crippen LogP contribution in [0.25, 0.3) is 0 Å². The number of benzene rings is 2. The van der Waals surface area contributed by atoms with Crippen molar-refractivity contribution < 1.29 is 33.1 Å². The van der Waals surface area contributed by atoms with E-state index in [9.17, 15) is 13.2 Å². The van der Waals surface area contributed by atoms with Crippen LogP contribution in [0.5, 0.6) is 0 Å². The van der Waals surface area contributed by atoms with Crippen molar-refractivity contribution in [2.75, 3.05) is 13.2 Å². The summed E-state index contributed by atoms with van der Waals surface area (Å²) in [7, 11) is -4.00. The molecule has 0 aromatic heterocycles. The zero-order chi connectivity index (χ0) is 20.2. The topological polar surface area (TPSA) is 132 Å². The summed E-state index contributed by atoms with van der Waals surface area (Å²) in [4.78, 5) is 10.1. The van der Waals surface area contributed by atoms with Crippen LogP contribution >= 0.6 is 0 Å². The van der Waals surface area contributed by atoms with Gasteiger partial charge in [-0.2, -0.15) is 8.42 Å². The monoisotopic (exact) mass is 384 g/mol. The Balaban J connectivity index is 0.000000368. The van der Waals surface area contributed by atoms with Crippen LogP contribution in [0.15, 0.2) is 65.6 Å². The van der Waals surface area contributed by atoms with Gasteiger partial charge < -0.3 is 15.3 Å². The maximum atomic E-state index is 10.4. The van der Waals surface area contributed by atoms with E-state index < -0.39 is 16.1 Å². The first-order valence-corrected chi connectivity index (χ1v) is 9.00. The predicted molar refractivity (Wildman–Crippen MR) is 97.6 cm³/mol. The molecule has 0 aliphatic heterocycles. The Labute approximate surface area is 153 Å². The van der Waals surface area contributed by atoms with Crippen molar-refractivity contribution >= 4 is 16.1 Å². The lowest BCUT2D eigenvalue weighted by Crippen LogP contribution is -2.20. The fourth-order valence-electron chi connectivity index (χ4n) is 1.22. The van der Waals surface area contributed by atoms with Gasteiger partial charge in [-0.1, -0.05) is 50.2 Å². The number of carbonyl (C=O) groups is 1. The number of aliphatic hydroxyl groups excluding tert-OH is 2. The van der Waals surface area contributed by atoms with E-state index in [2.05, 4.69) is 0 Å². The number of rotatable bonds is 4. The van der Waals surface area contributed by atoms with E-state index in [0.717, 1.165) is 0 Å². The molecule has 2 rings (SSSR count). The standard InChI is InChI=1S/C7H6O2.C6H6O3S.C5H12O2/c8-7(9)6-4-2-1-3-5-6;7-10(8,9)6-4-2-1-3-5-6;1-5(2,3-6)4-7/h1-5H,(H,8,9);1-5H,(H,7,8,9);6-7H,3-4H2,1-2H3. The Bertz CT molecular complexity index is 736. The molecule has 0 radical (unpaired) electrons. The molecule has 0 amide bonds. The van der Waals surface area contributed by atoms with Gasteiger partial charge in [0.05, 0.1) is 23.7 Å². The smallest absolute Gasteiger partial charge is 0.335 e. The maximum Gasteiger partial charge on any atom is 0.335 e. The molecule has 0 aliphatic rings. The van der Waals surface area contributed by atoms with Gasteiger partial charge in [-0.3, -0.25) is 4.55 Å². The van der Waals surface area contributed by atoms with Gasteiger partial charge in [-0.25, -0.2) is 4.79 Å². The zero-order valence-electron chi connectivity index (χ0n) is 14.6. The Kier molecular flexibility index (Phi) is 10.4. The molecule has 0 aliphatic carbocycles. The molecule has 26 heavy (non-hydrogen) atoms. The molecule has 7 nitrogen and oxygen atoms in total. The largest absolute Gasteiger partial charge is 0.478 e. The molecule has 4 N–H and O–H groups in total. The molecule has 8 heteroatoms. The Hall–Kier alpha value is -2.26. The summed E-state index contributed by atoms with van der Waals surface area (Å²) in [5.74, 6) is -0.879. The third-order valence-electron chi connectivity index (χ3n) is 2.92. The van der Waals surface area contributed by atoms with Crippen molar-refractivity contribution in [2.24, 2.45) is 5.41 Å². The van der Waals surface area contributed by atoms with E-state index in [4.69, 9.17) is 19.9 Å². The van der Waals surface area contributed by atoms with Crippen molar-refractivity contribution in [1.82, 2.24) is 0 Å². The minimum absolute atomic E-state index is 0.0451. The second-order valence-corrected chi connectivity index (χ2v) is 7.36. The number of carboxylic acids is 1. The molecule has 0 saturated heterocycles. The summed E-state index contributed by atoms with van der Waals surface area (Å²) in [5, 5.41) is 25.3. The van der Waals surface area contributed by atoms with Crippen LogP contribution in [0, 0.1) is 5.41 Å². The van der Waals surface area contributed by atoms with Gasteiger partial charge in [0, 0.05) is 5.41 Å². The third kappa shape index (κ3) is 10.6.